The fourth-order valence-corrected chi connectivity index (χ4v) is 3.39. The van der Waals surface area contributed by atoms with Crippen molar-refractivity contribution in [2.24, 2.45) is 0 Å². The predicted octanol–water partition coefficient (Wildman–Crippen LogP) is 5.59. The van der Waals surface area contributed by atoms with Gasteiger partial charge in [0.2, 0.25) is 0 Å². The second-order valence-corrected chi connectivity index (χ2v) is 6.32. The SMILES string of the molecule is Cc1c(C(F)(F)F)nn2c(-n3ncc4cccc(Cl)c43)ccc(C(F)F)c12. The van der Waals surface area contributed by atoms with E-state index < -0.39 is 23.9 Å². The van der Waals surface area contributed by atoms with Gasteiger partial charge in [-0.2, -0.15) is 23.4 Å². The number of fused-ring (bicyclic) bond motifs is 2. The van der Waals surface area contributed by atoms with Gasteiger partial charge in [-0.05, 0) is 25.1 Å². The molecule has 0 amide bonds. The average Bonchev–Trinajstić information content (AvgIpc) is 3.16. The van der Waals surface area contributed by atoms with E-state index in [-0.39, 0.29) is 16.9 Å². The van der Waals surface area contributed by atoms with Crippen LogP contribution in [0.4, 0.5) is 22.0 Å². The molecule has 27 heavy (non-hydrogen) atoms. The Morgan fingerprint density at radius 2 is 1.81 bits per heavy atom. The molecule has 0 aliphatic rings. The van der Waals surface area contributed by atoms with Crippen molar-refractivity contribution in [1.29, 1.82) is 0 Å². The van der Waals surface area contributed by atoms with Crippen molar-refractivity contribution in [1.82, 2.24) is 19.4 Å². The van der Waals surface area contributed by atoms with E-state index in [2.05, 4.69) is 10.2 Å². The lowest BCUT2D eigenvalue weighted by Crippen LogP contribution is -2.09. The van der Waals surface area contributed by atoms with E-state index in [1.54, 1.807) is 18.2 Å². The van der Waals surface area contributed by atoms with E-state index in [0.717, 1.165) is 17.5 Å². The van der Waals surface area contributed by atoms with Crippen molar-refractivity contribution in [2.45, 2.75) is 19.5 Å². The number of hydrogen-bond acceptors (Lipinski definition) is 2. The van der Waals surface area contributed by atoms with Gasteiger partial charge in [0.05, 0.1) is 22.3 Å². The van der Waals surface area contributed by atoms with E-state index >= 15 is 0 Å². The van der Waals surface area contributed by atoms with Gasteiger partial charge < -0.3 is 0 Å². The number of pyridine rings is 1. The summed E-state index contributed by atoms with van der Waals surface area (Å²) in [7, 11) is 0. The zero-order valence-electron chi connectivity index (χ0n) is 13.6. The lowest BCUT2D eigenvalue weighted by Gasteiger charge is -2.10. The lowest BCUT2D eigenvalue weighted by atomic mass is 10.1. The molecule has 10 heteroatoms. The van der Waals surface area contributed by atoms with Crippen molar-refractivity contribution in [3.8, 4) is 5.82 Å². The van der Waals surface area contributed by atoms with Gasteiger partial charge in [-0.3, -0.25) is 0 Å². The maximum Gasteiger partial charge on any atom is 0.435 e. The van der Waals surface area contributed by atoms with E-state index in [1.807, 2.05) is 0 Å². The monoisotopic (exact) mass is 400 g/mol. The molecule has 3 heterocycles. The van der Waals surface area contributed by atoms with Crippen LogP contribution in [0.15, 0.2) is 36.5 Å². The minimum atomic E-state index is -4.78. The third-order valence-electron chi connectivity index (χ3n) is 4.29. The van der Waals surface area contributed by atoms with Crippen LogP contribution in [-0.4, -0.2) is 19.4 Å². The van der Waals surface area contributed by atoms with Crippen molar-refractivity contribution in [3.63, 3.8) is 0 Å². The zero-order valence-corrected chi connectivity index (χ0v) is 14.4. The standard InChI is InChI=1S/C17H10ClF5N4/c1-8-13-10(16(19)20)5-6-12(27(13)25-15(8)17(21,22)23)26-14-9(7-24-26)3-2-4-11(14)18/h2-7,16H,1H3. The number of benzene rings is 1. The Morgan fingerprint density at radius 3 is 2.48 bits per heavy atom. The lowest BCUT2D eigenvalue weighted by molar-refractivity contribution is -0.141. The number of nitrogens with zero attached hydrogens (tertiary/aromatic N) is 4. The Bertz CT molecular complexity index is 1180. The fourth-order valence-electron chi connectivity index (χ4n) is 3.13. The van der Waals surface area contributed by atoms with Gasteiger partial charge in [0.25, 0.3) is 6.43 Å². The molecule has 0 saturated heterocycles. The van der Waals surface area contributed by atoms with Crippen molar-refractivity contribution >= 4 is 28.0 Å². The maximum atomic E-state index is 13.4. The second kappa shape index (κ2) is 5.91. The van der Waals surface area contributed by atoms with E-state index in [4.69, 9.17) is 11.6 Å². The van der Waals surface area contributed by atoms with Gasteiger partial charge in [-0.25, -0.2) is 18.0 Å². The third kappa shape index (κ3) is 2.64. The molecule has 4 rings (SSSR count). The van der Waals surface area contributed by atoms with Gasteiger partial charge in [0.15, 0.2) is 11.5 Å². The first-order chi connectivity index (χ1) is 12.7. The van der Waals surface area contributed by atoms with Gasteiger partial charge in [-0.1, -0.05) is 23.7 Å². The van der Waals surface area contributed by atoms with Gasteiger partial charge in [0, 0.05) is 16.5 Å². The Balaban J connectivity index is 2.12. The number of alkyl halides is 5. The number of aromatic nitrogens is 4. The van der Waals surface area contributed by atoms with Crippen LogP contribution in [0.25, 0.3) is 22.2 Å². The number of aryl methyl sites for hydroxylation is 1. The fraction of sp³-hybridized carbons (Fsp3) is 0.176. The molecule has 0 radical (unpaired) electrons. The molecular formula is C17H10ClF5N4. The van der Waals surface area contributed by atoms with Crippen LogP contribution >= 0.6 is 11.6 Å². The summed E-state index contributed by atoms with van der Waals surface area (Å²) in [6, 6.07) is 7.35. The molecule has 0 atom stereocenters. The van der Waals surface area contributed by atoms with E-state index in [0.29, 0.717) is 15.9 Å². The van der Waals surface area contributed by atoms with E-state index in [1.165, 1.54) is 16.9 Å². The van der Waals surface area contributed by atoms with Gasteiger partial charge in [-0.15, -0.1) is 0 Å². The highest BCUT2D eigenvalue weighted by Gasteiger charge is 2.38. The number of para-hydroxylation sites is 1. The quantitative estimate of drug-likeness (QED) is 0.411. The molecule has 4 nitrogen and oxygen atoms in total. The predicted molar refractivity (Wildman–Crippen MR) is 89.5 cm³/mol. The summed E-state index contributed by atoms with van der Waals surface area (Å²) >= 11 is 6.20. The van der Waals surface area contributed by atoms with Gasteiger partial charge in [0.1, 0.15) is 0 Å². The largest absolute Gasteiger partial charge is 0.435 e. The molecule has 0 fully saturated rings. The third-order valence-corrected chi connectivity index (χ3v) is 4.59. The van der Waals surface area contributed by atoms with Crippen molar-refractivity contribution < 1.29 is 22.0 Å². The maximum absolute atomic E-state index is 13.4. The smallest absolute Gasteiger partial charge is 0.214 e. The number of hydrogen-bond donors (Lipinski definition) is 0. The summed E-state index contributed by atoms with van der Waals surface area (Å²) in [5, 5.41) is 8.69. The highest BCUT2D eigenvalue weighted by atomic mass is 35.5. The molecule has 140 valence electrons. The first-order valence-corrected chi connectivity index (χ1v) is 8.08. The summed E-state index contributed by atoms with van der Waals surface area (Å²) in [5.74, 6) is 0.0658. The minimum Gasteiger partial charge on any atom is -0.214 e. The highest BCUT2D eigenvalue weighted by molar-refractivity contribution is 6.35. The molecule has 3 aromatic heterocycles. The second-order valence-electron chi connectivity index (χ2n) is 5.91. The van der Waals surface area contributed by atoms with Crippen LogP contribution in [0.3, 0.4) is 0 Å². The Morgan fingerprint density at radius 1 is 1.07 bits per heavy atom. The van der Waals surface area contributed by atoms with Crippen LogP contribution in [0.1, 0.15) is 23.2 Å². The summed E-state index contributed by atoms with van der Waals surface area (Å²) in [4.78, 5) is 0. The topological polar surface area (TPSA) is 35.1 Å². The molecular weight excluding hydrogens is 391 g/mol. The molecule has 0 spiro atoms. The normalized spacial score (nSPS) is 12.6. The van der Waals surface area contributed by atoms with Crippen LogP contribution in [0.5, 0.6) is 0 Å². The Hall–Kier alpha value is -2.68. The summed E-state index contributed by atoms with van der Waals surface area (Å²) < 4.78 is 68.9. The first kappa shape index (κ1) is 17.7. The molecule has 0 aliphatic heterocycles. The zero-order chi connectivity index (χ0) is 19.5. The van der Waals surface area contributed by atoms with Gasteiger partial charge >= 0.3 is 6.18 Å². The first-order valence-electron chi connectivity index (χ1n) is 7.70. The molecule has 0 aliphatic carbocycles. The summed E-state index contributed by atoms with van der Waals surface area (Å²) in [6.45, 7) is 1.12. The summed E-state index contributed by atoms with van der Waals surface area (Å²) in [5.41, 5.74) is -2.00. The molecule has 0 saturated carbocycles. The molecule has 0 N–H and O–H groups in total. The van der Waals surface area contributed by atoms with Crippen LogP contribution in [0, 0.1) is 6.92 Å². The Labute approximate surface area is 153 Å². The Kier molecular flexibility index (Phi) is 3.88. The highest BCUT2D eigenvalue weighted by Crippen LogP contribution is 2.37. The van der Waals surface area contributed by atoms with Crippen molar-refractivity contribution in [2.75, 3.05) is 0 Å². The molecule has 1 aromatic carbocycles. The minimum absolute atomic E-state index is 0.0658. The van der Waals surface area contributed by atoms with Crippen molar-refractivity contribution in [3.05, 3.63) is 58.4 Å². The molecule has 0 unspecified atom stereocenters. The number of halogens is 6. The van der Waals surface area contributed by atoms with E-state index in [9.17, 15) is 22.0 Å². The molecule has 0 bridgehead atoms. The average molecular weight is 401 g/mol. The van der Waals surface area contributed by atoms with Crippen LogP contribution < -0.4 is 0 Å². The number of rotatable bonds is 2. The molecule has 4 aromatic rings. The van der Waals surface area contributed by atoms with Crippen LogP contribution in [0.2, 0.25) is 5.02 Å². The summed E-state index contributed by atoms with van der Waals surface area (Å²) in [6.07, 6.45) is -6.26. The van der Waals surface area contributed by atoms with Crippen LogP contribution in [-0.2, 0) is 6.18 Å².